The molecule has 126 valence electrons. The Labute approximate surface area is 140 Å². The number of nitrogens with one attached hydrogen (secondary N) is 1. The lowest BCUT2D eigenvalue weighted by molar-refractivity contribution is -0.385. The normalized spacial score (nSPS) is 11.6. The van der Waals surface area contributed by atoms with Crippen molar-refractivity contribution in [1.82, 2.24) is 5.32 Å². The molecule has 0 saturated carbocycles. The molecule has 0 spiro atoms. The number of hydrogen-bond acceptors (Lipinski definition) is 4. The third-order valence-electron chi connectivity index (χ3n) is 3.57. The lowest BCUT2D eigenvalue weighted by Gasteiger charge is -2.15. The van der Waals surface area contributed by atoms with E-state index >= 15 is 0 Å². The summed E-state index contributed by atoms with van der Waals surface area (Å²) in [7, 11) is 0. The van der Waals surface area contributed by atoms with Gasteiger partial charge >= 0.3 is 0 Å². The van der Waals surface area contributed by atoms with E-state index in [0.717, 1.165) is 11.3 Å². The van der Waals surface area contributed by atoms with Crippen molar-refractivity contribution in [3.05, 3.63) is 69.3 Å². The van der Waals surface area contributed by atoms with Crippen LogP contribution in [0.25, 0.3) is 0 Å². The zero-order valence-corrected chi connectivity index (χ0v) is 13.9. The van der Waals surface area contributed by atoms with Crippen LogP contribution in [0.2, 0.25) is 0 Å². The lowest BCUT2D eigenvalue weighted by atomic mass is 10.1. The highest BCUT2D eigenvalue weighted by Crippen LogP contribution is 2.19. The summed E-state index contributed by atoms with van der Waals surface area (Å²) in [6, 6.07) is 11.8. The molecule has 0 saturated heterocycles. The van der Waals surface area contributed by atoms with E-state index in [9.17, 15) is 14.9 Å². The second-order valence-electron chi connectivity index (χ2n) is 5.76. The van der Waals surface area contributed by atoms with Crippen molar-refractivity contribution in [2.24, 2.45) is 0 Å². The van der Waals surface area contributed by atoms with Gasteiger partial charge < -0.3 is 10.1 Å². The van der Waals surface area contributed by atoms with Crippen molar-refractivity contribution < 1.29 is 14.5 Å². The molecule has 2 aromatic rings. The molecule has 0 radical (unpaired) electrons. The zero-order chi connectivity index (χ0) is 17.7. The molecule has 24 heavy (non-hydrogen) atoms. The molecule has 0 bridgehead atoms. The number of nitrogens with zero attached hydrogens (tertiary/aromatic N) is 1. The third-order valence-corrected chi connectivity index (χ3v) is 3.57. The van der Waals surface area contributed by atoms with Gasteiger partial charge in [-0.25, -0.2) is 0 Å². The van der Waals surface area contributed by atoms with Crippen LogP contribution in [0.1, 0.15) is 28.4 Å². The van der Waals surface area contributed by atoms with Gasteiger partial charge in [-0.15, -0.1) is 0 Å². The lowest BCUT2D eigenvalue weighted by Crippen LogP contribution is -2.36. The minimum atomic E-state index is -0.490. The van der Waals surface area contributed by atoms with E-state index in [0.29, 0.717) is 12.2 Å². The van der Waals surface area contributed by atoms with Gasteiger partial charge in [0.25, 0.3) is 11.6 Å². The Balaban J connectivity index is 1.95. The van der Waals surface area contributed by atoms with E-state index in [1.807, 2.05) is 38.1 Å². The summed E-state index contributed by atoms with van der Waals surface area (Å²) in [5.74, 6) is 0.366. The van der Waals surface area contributed by atoms with E-state index in [1.54, 1.807) is 19.1 Å². The number of aryl methyl sites for hydroxylation is 2. The van der Waals surface area contributed by atoms with Gasteiger partial charge in [0.2, 0.25) is 0 Å². The molecule has 6 heteroatoms. The molecule has 2 rings (SSSR count). The van der Waals surface area contributed by atoms with Gasteiger partial charge in [-0.1, -0.05) is 23.8 Å². The van der Waals surface area contributed by atoms with Gasteiger partial charge in [-0.3, -0.25) is 14.9 Å². The predicted octanol–water partition coefficient (Wildman–Crippen LogP) is 3.41. The van der Waals surface area contributed by atoms with Crippen LogP contribution < -0.4 is 10.1 Å². The van der Waals surface area contributed by atoms with Crippen LogP contribution in [0.3, 0.4) is 0 Å². The highest BCUT2D eigenvalue weighted by Gasteiger charge is 2.16. The molecule has 2 aromatic carbocycles. The highest BCUT2D eigenvalue weighted by atomic mass is 16.6. The molecule has 6 nitrogen and oxygen atoms in total. The summed E-state index contributed by atoms with van der Waals surface area (Å²) in [5, 5.41) is 13.7. The van der Waals surface area contributed by atoms with Gasteiger partial charge in [-0.05, 0) is 39.0 Å². The molecule has 1 N–H and O–H groups in total. The quantitative estimate of drug-likeness (QED) is 0.651. The Bertz CT molecular complexity index is 741. The molecular formula is C18H20N2O4. The smallest absolute Gasteiger partial charge is 0.273 e. The summed E-state index contributed by atoms with van der Waals surface area (Å²) in [5.41, 5.74) is 1.86. The maximum absolute atomic E-state index is 12.2. The fourth-order valence-electron chi connectivity index (χ4n) is 2.15. The molecule has 0 aliphatic rings. The molecule has 0 fully saturated rings. The standard InChI is InChI=1S/C18H20N2O4/c1-12-4-8-16(9-5-12)24-11-14(3)19-18(21)15-7-6-13(2)17(10-15)20(22)23/h4-10,14H,11H2,1-3H3,(H,19,21)/t14-/m0/s1. The molecule has 0 heterocycles. The Hall–Kier alpha value is -2.89. The average molecular weight is 328 g/mol. The van der Waals surface area contributed by atoms with Crippen LogP contribution in [0.15, 0.2) is 42.5 Å². The molecular weight excluding hydrogens is 308 g/mol. The number of carbonyl (C=O) groups excluding carboxylic acids is 1. The first-order chi connectivity index (χ1) is 11.4. The van der Waals surface area contributed by atoms with E-state index < -0.39 is 4.92 Å². The second-order valence-corrected chi connectivity index (χ2v) is 5.76. The van der Waals surface area contributed by atoms with Crippen molar-refractivity contribution in [1.29, 1.82) is 0 Å². The molecule has 0 aliphatic heterocycles. The Kier molecular flexibility index (Phi) is 5.52. The summed E-state index contributed by atoms with van der Waals surface area (Å²) in [6.07, 6.45) is 0. The summed E-state index contributed by atoms with van der Waals surface area (Å²) in [6.45, 7) is 5.75. The minimum absolute atomic E-state index is 0.0637. The van der Waals surface area contributed by atoms with Crippen molar-refractivity contribution in [3.63, 3.8) is 0 Å². The van der Waals surface area contributed by atoms with Crippen LogP contribution >= 0.6 is 0 Å². The van der Waals surface area contributed by atoms with Crippen LogP contribution in [0, 0.1) is 24.0 Å². The van der Waals surface area contributed by atoms with Crippen LogP contribution in [-0.4, -0.2) is 23.5 Å². The number of nitro benzene ring substituents is 1. The van der Waals surface area contributed by atoms with Gasteiger partial charge in [0.1, 0.15) is 12.4 Å². The predicted molar refractivity (Wildman–Crippen MR) is 91.4 cm³/mol. The van der Waals surface area contributed by atoms with Crippen molar-refractivity contribution in [2.75, 3.05) is 6.61 Å². The summed E-state index contributed by atoms with van der Waals surface area (Å²) < 4.78 is 5.62. The molecule has 0 unspecified atom stereocenters. The molecule has 0 aromatic heterocycles. The number of ether oxygens (including phenoxy) is 1. The SMILES string of the molecule is Cc1ccc(OC[C@H](C)NC(=O)c2ccc(C)c([N+](=O)[O-])c2)cc1. The number of rotatable bonds is 6. The van der Waals surface area contributed by atoms with Crippen molar-refractivity contribution >= 4 is 11.6 Å². The fourth-order valence-corrected chi connectivity index (χ4v) is 2.15. The second kappa shape index (κ2) is 7.59. The number of benzene rings is 2. The highest BCUT2D eigenvalue weighted by molar-refractivity contribution is 5.95. The third kappa shape index (κ3) is 4.55. The maximum Gasteiger partial charge on any atom is 0.273 e. The molecule has 1 atom stereocenters. The van der Waals surface area contributed by atoms with Gasteiger partial charge in [0, 0.05) is 17.2 Å². The fraction of sp³-hybridized carbons (Fsp3) is 0.278. The Morgan fingerprint density at radius 1 is 1.21 bits per heavy atom. The summed E-state index contributed by atoms with van der Waals surface area (Å²) >= 11 is 0. The summed E-state index contributed by atoms with van der Waals surface area (Å²) in [4.78, 5) is 22.7. The average Bonchev–Trinajstić information content (AvgIpc) is 2.54. The minimum Gasteiger partial charge on any atom is -0.491 e. The zero-order valence-electron chi connectivity index (χ0n) is 13.9. The van der Waals surface area contributed by atoms with Gasteiger partial charge in [0.15, 0.2) is 0 Å². The maximum atomic E-state index is 12.2. The van der Waals surface area contributed by atoms with Crippen LogP contribution in [-0.2, 0) is 0 Å². The number of carbonyl (C=O) groups is 1. The molecule has 1 amide bonds. The largest absolute Gasteiger partial charge is 0.491 e. The Morgan fingerprint density at radius 3 is 2.50 bits per heavy atom. The van der Waals surface area contributed by atoms with Crippen molar-refractivity contribution in [2.45, 2.75) is 26.8 Å². The first kappa shape index (κ1) is 17.5. The number of amides is 1. The topological polar surface area (TPSA) is 81.5 Å². The molecule has 0 aliphatic carbocycles. The van der Waals surface area contributed by atoms with E-state index in [-0.39, 0.29) is 23.2 Å². The van der Waals surface area contributed by atoms with Crippen LogP contribution in [0.5, 0.6) is 5.75 Å². The van der Waals surface area contributed by atoms with Crippen molar-refractivity contribution in [3.8, 4) is 5.75 Å². The van der Waals surface area contributed by atoms with E-state index in [4.69, 9.17) is 4.74 Å². The van der Waals surface area contributed by atoms with E-state index in [2.05, 4.69) is 5.32 Å². The number of nitro groups is 1. The van der Waals surface area contributed by atoms with E-state index in [1.165, 1.54) is 6.07 Å². The Morgan fingerprint density at radius 2 is 1.88 bits per heavy atom. The monoisotopic (exact) mass is 328 g/mol. The van der Waals surface area contributed by atoms with Gasteiger partial charge in [-0.2, -0.15) is 0 Å². The first-order valence-corrected chi connectivity index (χ1v) is 7.62. The van der Waals surface area contributed by atoms with Crippen LogP contribution in [0.4, 0.5) is 5.69 Å². The first-order valence-electron chi connectivity index (χ1n) is 7.62. The van der Waals surface area contributed by atoms with Gasteiger partial charge in [0.05, 0.1) is 11.0 Å². The number of hydrogen-bond donors (Lipinski definition) is 1.